The van der Waals surface area contributed by atoms with E-state index < -0.39 is 60.2 Å². The van der Waals surface area contributed by atoms with E-state index in [1.54, 1.807) is 24.3 Å². The Balaban J connectivity index is 1.51. The number of aromatic hydroxyl groups is 5. The molecular formula is C34H30O12. The van der Waals surface area contributed by atoms with E-state index in [0.717, 1.165) is 6.07 Å². The summed E-state index contributed by atoms with van der Waals surface area (Å²) in [4.78, 5) is 13.6. The SMILES string of the molecule is O=C1OC(c2ccc(O)cc2)C2c3c1c(O)cc(OC1OCC(O)C(O)C1O)c3C(c1cc(O)cc(O)c1)C2c1ccc(O)cc1. The molecule has 0 spiro atoms. The smallest absolute Gasteiger partial charge is 0.342 e. The molecule has 2 heterocycles. The normalized spacial score (nSPS) is 28.4. The number of ether oxygens (including phenoxy) is 3. The van der Waals surface area contributed by atoms with Gasteiger partial charge in [0.2, 0.25) is 6.29 Å². The zero-order valence-corrected chi connectivity index (χ0v) is 24.0. The summed E-state index contributed by atoms with van der Waals surface area (Å²) in [5.74, 6) is -4.01. The van der Waals surface area contributed by atoms with Crippen LogP contribution in [0.5, 0.6) is 34.5 Å². The highest BCUT2D eigenvalue weighted by molar-refractivity contribution is 5.97. The number of hydrogen-bond donors (Lipinski definition) is 8. The van der Waals surface area contributed by atoms with Crippen molar-refractivity contribution in [1.82, 2.24) is 0 Å². The van der Waals surface area contributed by atoms with Crippen LogP contribution >= 0.6 is 0 Å². The van der Waals surface area contributed by atoms with E-state index in [2.05, 4.69) is 0 Å². The van der Waals surface area contributed by atoms with E-state index >= 15 is 0 Å². The number of phenols is 5. The van der Waals surface area contributed by atoms with Crippen LogP contribution in [-0.4, -0.2) is 78.0 Å². The lowest BCUT2D eigenvalue weighted by molar-refractivity contribution is -0.242. The Morgan fingerprint density at radius 2 is 1.26 bits per heavy atom. The van der Waals surface area contributed by atoms with E-state index in [1.807, 2.05) is 0 Å². The van der Waals surface area contributed by atoms with Crippen LogP contribution in [0, 0.1) is 0 Å². The Hall–Kier alpha value is -5.01. The third-order valence-corrected chi connectivity index (χ3v) is 8.98. The summed E-state index contributed by atoms with van der Waals surface area (Å²) in [6.45, 7) is -0.354. The molecule has 12 nitrogen and oxygen atoms in total. The zero-order valence-electron chi connectivity index (χ0n) is 24.0. The van der Waals surface area contributed by atoms with Gasteiger partial charge >= 0.3 is 5.97 Å². The number of carbonyl (C=O) groups excluding carboxylic acids is 1. The first-order valence-corrected chi connectivity index (χ1v) is 14.6. The molecule has 8 N–H and O–H groups in total. The Kier molecular flexibility index (Phi) is 7.17. The molecule has 7 rings (SSSR count). The van der Waals surface area contributed by atoms with E-state index in [1.165, 1.54) is 42.5 Å². The summed E-state index contributed by atoms with van der Waals surface area (Å²) in [7, 11) is 0. The lowest BCUT2D eigenvalue weighted by atomic mass is 9.74. The standard InChI is InChI=1S/C34H30O12/c35-17-5-1-14(2-6-17)24-25(16-9-19(37)11-20(38)10-16)27-23(45-34-31(42)30(41)22(40)13-44-34)12-21(39)26-28(27)29(24)32(46-33(26)43)15-3-7-18(36)8-4-15/h1-12,22,24-25,29-32,34-42H,13H2. The van der Waals surface area contributed by atoms with Crippen LogP contribution in [0.25, 0.3) is 0 Å². The van der Waals surface area contributed by atoms with Crippen LogP contribution in [0.4, 0.5) is 0 Å². The van der Waals surface area contributed by atoms with Gasteiger partial charge in [-0.25, -0.2) is 4.79 Å². The van der Waals surface area contributed by atoms with Gasteiger partial charge in [0.25, 0.3) is 0 Å². The van der Waals surface area contributed by atoms with Gasteiger partial charge in [0.05, 0.1) is 6.61 Å². The predicted molar refractivity (Wildman–Crippen MR) is 158 cm³/mol. The van der Waals surface area contributed by atoms with Gasteiger partial charge in [-0.05, 0) is 58.7 Å². The number of aliphatic hydroxyl groups excluding tert-OH is 3. The van der Waals surface area contributed by atoms with Crippen molar-refractivity contribution >= 4 is 5.97 Å². The number of cyclic esters (lactones) is 1. The lowest BCUT2D eigenvalue weighted by Gasteiger charge is -2.36. The fraction of sp³-hybridized carbons (Fsp3) is 0.265. The second-order valence-electron chi connectivity index (χ2n) is 11.8. The molecular weight excluding hydrogens is 600 g/mol. The Morgan fingerprint density at radius 3 is 1.89 bits per heavy atom. The maximum Gasteiger partial charge on any atom is 0.342 e. The minimum atomic E-state index is -1.68. The summed E-state index contributed by atoms with van der Waals surface area (Å²) >= 11 is 0. The molecule has 0 aromatic heterocycles. The summed E-state index contributed by atoms with van der Waals surface area (Å²) < 4.78 is 17.7. The van der Waals surface area contributed by atoms with E-state index in [-0.39, 0.29) is 40.9 Å². The predicted octanol–water partition coefficient (Wildman–Crippen LogP) is 2.96. The van der Waals surface area contributed by atoms with Gasteiger partial charge in [0.1, 0.15) is 64.5 Å². The first-order valence-electron chi connectivity index (χ1n) is 14.6. The third-order valence-electron chi connectivity index (χ3n) is 8.98. The van der Waals surface area contributed by atoms with E-state index in [9.17, 15) is 45.6 Å². The zero-order chi connectivity index (χ0) is 32.4. The molecule has 0 amide bonds. The fourth-order valence-electron chi connectivity index (χ4n) is 7.03. The molecule has 1 saturated heterocycles. The number of hydrogen-bond acceptors (Lipinski definition) is 12. The highest BCUT2D eigenvalue weighted by Crippen LogP contribution is 2.65. The van der Waals surface area contributed by atoms with Gasteiger partial charge in [-0.2, -0.15) is 0 Å². The van der Waals surface area contributed by atoms with Crippen LogP contribution in [0.1, 0.15) is 62.0 Å². The number of esters is 1. The summed E-state index contributed by atoms with van der Waals surface area (Å²) in [5.41, 5.74) is 2.18. The molecule has 4 aromatic carbocycles. The van der Waals surface area contributed by atoms with Crippen LogP contribution in [0.15, 0.2) is 72.8 Å². The number of rotatable bonds is 5. The fourth-order valence-corrected chi connectivity index (χ4v) is 7.03. The van der Waals surface area contributed by atoms with Crippen LogP contribution in [-0.2, 0) is 9.47 Å². The monoisotopic (exact) mass is 630 g/mol. The van der Waals surface area contributed by atoms with Crippen molar-refractivity contribution in [2.75, 3.05) is 6.61 Å². The largest absolute Gasteiger partial charge is 0.508 e. The van der Waals surface area contributed by atoms with E-state index in [0.29, 0.717) is 27.8 Å². The molecule has 0 saturated carbocycles. The maximum absolute atomic E-state index is 13.6. The van der Waals surface area contributed by atoms with Gasteiger partial charge in [-0.1, -0.05) is 24.3 Å². The van der Waals surface area contributed by atoms with E-state index in [4.69, 9.17) is 14.2 Å². The Bertz CT molecular complexity index is 1780. The van der Waals surface area contributed by atoms with Crippen molar-refractivity contribution in [2.45, 2.75) is 48.5 Å². The van der Waals surface area contributed by atoms with Crippen LogP contribution < -0.4 is 4.74 Å². The average Bonchev–Trinajstić information content (AvgIpc) is 3.37. The van der Waals surface area contributed by atoms with Crippen LogP contribution in [0.3, 0.4) is 0 Å². The molecule has 1 aliphatic carbocycles. The summed E-state index contributed by atoms with van der Waals surface area (Å²) in [5, 5.41) is 83.6. The molecule has 8 atom stereocenters. The van der Waals surface area contributed by atoms with Gasteiger partial charge in [-0.15, -0.1) is 0 Å². The Morgan fingerprint density at radius 1 is 0.652 bits per heavy atom. The molecule has 3 aliphatic rings. The number of benzene rings is 4. The number of carbonyl (C=O) groups is 1. The molecule has 0 radical (unpaired) electrons. The summed E-state index contributed by atoms with van der Waals surface area (Å²) in [6, 6.07) is 17.7. The first kappa shape index (κ1) is 29.7. The molecule has 12 heteroatoms. The average molecular weight is 631 g/mol. The topological polar surface area (TPSA) is 207 Å². The van der Waals surface area contributed by atoms with Gasteiger partial charge < -0.3 is 55.1 Å². The molecule has 1 fully saturated rings. The van der Waals surface area contributed by atoms with Crippen molar-refractivity contribution < 1.29 is 59.9 Å². The highest BCUT2D eigenvalue weighted by Gasteiger charge is 2.55. The van der Waals surface area contributed by atoms with Gasteiger partial charge in [0, 0.05) is 35.4 Å². The van der Waals surface area contributed by atoms with Crippen molar-refractivity contribution in [3.8, 4) is 34.5 Å². The number of aliphatic hydroxyl groups is 3. The maximum atomic E-state index is 13.6. The first-order chi connectivity index (χ1) is 22.0. The third kappa shape index (κ3) is 4.83. The van der Waals surface area contributed by atoms with Gasteiger partial charge in [0.15, 0.2) is 0 Å². The second kappa shape index (κ2) is 11.1. The molecule has 8 unspecified atom stereocenters. The minimum absolute atomic E-state index is 0.00232. The Labute approximate surface area is 261 Å². The van der Waals surface area contributed by atoms with Crippen molar-refractivity contribution in [2.24, 2.45) is 0 Å². The highest BCUT2D eigenvalue weighted by atomic mass is 16.7. The summed E-state index contributed by atoms with van der Waals surface area (Å²) in [6.07, 6.45) is -7.09. The molecule has 0 bridgehead atoms. The van der Waals surface area contributed by atoms with Crippen molar-refractivity contribution in [1.29, 1.82) is 0 Å². The van der Waals surface area contributed by atoms with Crippen LogP contribution in [0.2, 0.25) is 0 Å². The number of phenolic OH excluding ortho intramolecular Hbond substituents is 5. The van der Waals surface area contributed by atoms with Crippen molar-refractivity contribution in [3.63, 3.8) is 0 Å². The second-order valence-corrected chi connectivity index (χ2v) is 11.8. The van der Waals surface area contributed by atoms with Gasteiger partial charge in [-0.3, -0.25) is 0 Å². The quantitative estimate of drug-likeness (QED) is 0.150. The molecule has 2 aliphatic heterocycles. The minimum Gasteiger partial charge on any atom is -0.508 e. The van der Waals surface area contributed by atoms with Crippen molar-refractivity contribution in [3.05, 3.63) is 106 Å². The molecule has 4 aromatic rings. The molecule has 238 valence electrons. The lowest BCUT2D eigenvalue weighted by Crippen LogP contribution is -2.54. The molecule has 46 heavy (non-hydrogen) atoms.